The van der Waals surface area contributed by atoms with Gasteiger partial charge in [0.1, 0.15) is 0 Å². The Kier molecular flexibility index (Phi) is 7.71. The first-order valence-electron chi connectivity index (χ1n) is 6.52. The molecule has 0 spiro atoms. The van der Waals surface area contributed by atoms with E-state index in [1.807, 2.05) is 6.92 Å². The van der Waals surface area contributed by atoms with Gasteiger partial charge in [-0.3, -0.25) is 4.79 Å². The van der Waals surface area contributed by atoms with E-state index in [0.29, 0.717) is 17.7 Å². The molecule has 0 aliphatic heterocycles. The molecule has 112 valence electrons. The lowest BCUT2D eigenvalue weighted by Gasteiger charge is -2.08. The minimum Gasteiger partial charge on any atom is -0.468 e. The van der Waals surface area contributed by atoms with Crippen LogP contribution in [0.2, 0.25) is 0 Å². The van der Waals surface area contributed by atoms with Crippen LogP contribution < -0.4 is 10.1 Å². The number of carbonyl (C=O) groups excluding carboxylic acids is 1. The third-order valence-corrected chi connectivity index (χ3v) is 2.93. The molecule has 7 nitrogen and oxygen atoms in total. The molecule has 1 aromatic heterocycles. The Morgan fingerprint density at radius 2 is 2.05 bits per heavy atom. The van der Waals surface area contributed by atoms with Crippen LogP contribution in [0.25, 0.3) is 0 Å². The third kappa shape index (κ3) is 6.05. The summed E-state index contributed by atoms with van der Waals surface area (Å²) in [5, 5.41) is 3.52. The molecule has 1 heterocycles. The van der Waals surface area contributed by atoms with Crippen LogP contribution in [0.4, 0.5) is 5.95 Å². The maximum absolute atomic E-state index is 11.1. The minimum absolute atomic E-state index is 0.154. The van der Waals surface area contributed by atoms with Gasteiger partial charge in [-0.05, 0) is 12.8 Å². The molecule has 1 N–H and O–H groups in total. The van der Waals surface area contributed by atoms with Crippen LogP contribution in [0.5, 0.6) is 6.01 Å². The highest BCUT2D eigenvalue weighted by molar-refractivity contribution is 7.99. The third-order valence-electron chi connectivity index (χ3n) is 2.11. The second kappa shape index (κ2) is 9.35. The molecule has 0 saturated heterocycles. The molecule has 0 atom stereocenters. The maximum atomic E-state index is 11.1. The fourth-order valence-electron chi connectivity index (χ4n) is 1.16. The second-order valence-corrected chi connectivity index (χ2v) is 4.81. The number of nitrogens with zero attached hydrogens (tertiary/aromatic N) is 3. The quantitative estimate of drug-likeness (QED) is 0.545. The summed E-state index contributed by atoms with van der Waals surface area (Å²) < 4.78 is 10.0. The number of methoxy groups -OCH3 is 1. The fourth-order valence-corrected chi connectivity index (χ4v) is 1.82. The van der Waals surface area contributed by atoms with Crippen molar-refractivity contribution in [2.75, 3.05) is 31.3 Å². The van der Waals surface area contributed by atoms with Gasteiger partial charge >= 0.3 is 12.0 Å². The summed E-state index contributed by atoms with van der Waals surface area (Å²) in [6.45, 7) is 5.36. The normalized spacial score (nSPS) is 10.2. The zero-order valence-electron chi connectivity index (χ0n) is 12.0. The summed E-state index contributed by atoms with van der Waals surface area (Å²) in [4.78, 5) is 23.7. The molecule has 0 aromatic carbocycles. The number of ether oxygens (including phenoxy) is 2. The first-order valence-corrected chi connectivity index (χ1v) is 7.50. The fraction of sp³-hybridized carbons (Fsp3) is 0.667. The molecule has 8 heteroatoms. The van der Waals surface area contributed by atoms with Gasteiger partial charge in [-0.1, -0.05) is 25.6 Å². The van der Waals surface area contributed by atoms with Gasteiger partial charge in [0.15, 0.2) is 5.16 Å². The lowest BCUT2D eigenvalue weighted by atomic mass is 10.5. The van der Waals surface area contributed by atoms with Gasteiger partial charge in [-0.25, -0.2) is 0 Å². The summed E-state index contributed by atoms with van der Waals surface area (Å²) in [5.41, 5.74) is 0. The van der Waals surface area contributed by atoms with Gasteiger partial charge in [0.2, 0.25) is 5.95 Å². The van der Waals surface area contributed by atoms with Crippen molar-refractivity contribution in [2.45, 2.75) is 31.8 Å². The van der Waals surface area contributed by atoms with E-state index in [-0.39, 0.29) is 17.7 Å². The largest absolute Gasteiger partial charge is 0.468 e. The van der Waals surface area contributed by atoms with Crippen LogP contribution in [0, 0.1) is 0 Å². The molecular weight excluding hydrogens is 280 g/mol. The SMILES string of the molecule is CCCNc1nc(OCCC)nc(SCC(=O)OC)n1. The van der Waals surface area contributed by atoms with E-state index >= 15 is 0 Å². The summed E-state index contributed by atoms with van der Waals surface area (Å²) >= 11 is 1.19. The van der Waals surface area contributed by atoms with Gasteiger partial charge in [-0.15, -0.1) is 0 Å². The number of hydrogen-bond acceptors (Lipinski definition) is 8. The highest BCUT2D eigenvalue weighted by atomic mass is 32.2. The second-order valence-electron chi connectivity index (χ2n) is 3.86. The first kappa shape index (κ1) is 16.5. The zero-order chi connectivity index (χ0) is 14.8. The van der Waals surface area contributed by atoms with E-state index in [1.165, 1.54) is 18.9 Å². The van der Waals surface area contributed by atoms with Crippen molar-refractivity contribution in [3.8, 4) is 6.01 Å². The van der Waals surface area contributed by atoms with Crippen molar-refractivity contribution in [3.63, 3.8) is 0 Å². The van der Waals surface area contributed by atoms with Crippen molar-refractivity contribution in [2.24, 2.45) is 0 Å². The monoisotopic (exact) mass is 300 g/mol. The van der Waals surface area contributed by atoms with Gasteiger partial charge in [0, 0.05) is 6.54 Å². The Morgan fingerprint density at radius 1 is 1.25 bits per heavy atom. The van der Waals surface area contributed by atoms with E-state index < -0.39 is 0 Å². The molecule has 0 saturated carbocycles. The zero-order valence-corrected chi connectivity index (χ0v) is 12.8. The summed E-state index contributed by atoms with van der Waals surface area (Å²) in [6, 6.07) is 0.271. The van der Waals surface area contributed by atoms with E-state index in [4.69, 9.17) is 4.74 Å². The lowest BCUT2D eigenvalue weighted by Crippen LogP contribution is -2.10. The van der Waals surface area contributed by atoms with Gasteiger partial charge in [0.05, 0.1) is 19.5 Å². The number of rotatable bonds is 9. The maximum Gasteiger partial charge on any atom is 0.322 e. The van der Waals surface area contributed by atoms with Crippen LogP contribution in [-0.2, 0) is 9.53 Å². The average molecular weight is 300 g/mol. The van der Waals surface area contributed by atoms with Crippen LogP contribution >= 0.6 is 11.8 Å². The molecule has 20 heavy (non-hydrogen) atoms. The van der Waals surface area contributed by atoms with E-state index in [0.717, 1.165) is 19.4 Å². The lowest BCUT2D eigenvalue weighted by molar-refractivity contribution is -0.137. The van der Waals surface area contributed by atoms with Gasteiger partial charge in [-0.2, -0.15) is 15.0 Å². The Balaban J connectivity index is 2.76. The van der Waals surface area contributed by atoms with Crippen LogP contribution in [-0.4, -0.2) is 46.9 Å². The predicted molar refractivity (Wildman–Crippen MR) is 77.1 cm³/mol. The van der Waals surface area contributed by atoms with Crippen molar-refractivity contribution < 1.29 is 14.3 Å². The van der Waals surface area contributed by atoms with E-state index in [1.54, 1.807) is 0 Å². The Bertz CT molecular complexity index is 405. The van der Waals surface area contributed by atoms with E-state index in [9.17, 15) is 4.79 Å². The molecular formula is C12H20N4O3S. The van der Waals surface area contributed by atoms with E-state index in [2.05, 4.69) is 31.9 Å². The number of carbonyl (C=O) groups is 1. The first-order chi connectivity index (χ1) is 9.69. The molecule has 0 unspecified atom stereocenters. The number of nitrogens with one attached hydrogen (secondary N) is 1. The van der Waals surface area contributed by atoms with Crippen molar-refractivity contribution in [3.05, 3.63) is 0 Å². The number of esters is 1. The highest BCUT2D eigenvalue weighted by Crippen LogP contribution is 2.17. The molecule has 1 rings (SSSR count). The Hall–Kier alpha value is -1.57. The molecule has 0 fully saturated rings. The molecule has 0 amide bonds. The molecule has 0 bridgehead atoms. The van der Waals surface area contributed by atoms with Crippen LogP contribution in [0.3, 0.4) is 0 Å². The summed E-state index contributed by atoms with van der Waals surface area (Å²) in [5.74, 6) is 0.288. The molecule has 0 aliphatic rings. The van der Waals surface area contributed by atoms with Crippen molar-refractivity contribution in [1.82, 2.24) is 15.0 Å². The predicted octanol–water partition coefficient (Wildman–Crippen LogP) is 1.75. The number of anilines is 1. The number of aromatic nitrogens is 3. The standard InChI is InChI=1S/C12H20N4O3S/c1-4-6-13-10-14-11(19-7-5-2)16-12(15-10)20-8-9(17)18-3/h4-8H2,1-3H3,(H,13,14,15,16). The average Bonchev–Trinajstić information content (AvgIpc) is 2.48. The Morgan fingerprint density at radius 3 is 2.70 bits per heavy atom. The van der Waals surface area contributed by atoms with Crippen molar-refractivity contribution >= 4 is 23.7 Å². The van der Waals surface area contributed by atoms with Gasteiger partial charge < -0.3 is 14.8 Å². The Labute approximate surface area is 122 Å². The number of hydrogen-bond donors (Lipinski definition) is 1. The topological polar surface area (TPSA) is 86.2 Å². The number of thioether (sulfide) groups is 1. The van der Waals surface area contributed by atoms with Gasteiger partial charge in [0.25, 0.3) is 0 Å². The molecule has 0 aliphatic carbocycles. The smallest absolute Gasteiger partial charge is 0.322 e. The molecule has 0 radical (unpaired) electrons. The summed E-state index contributed by atoms with van der Waals surface area (Å²) in [7, 11) is 1.35. The van der Waals surface area contributed by atoms with Crippen LogP contribution in [0.15, 0.2) is 5.16 Å². The molecule has 1 aromatic rings. The van der Waals surface area contributed by atoms with Crippen LogP contribution in [0.1, 0.15) is 26.7 Å². The minimum atomic E-state index is -0.325. The van der Waals surface area contributed by atoms with Crippen molar-refractivity contribution in [1.29, 1.82) is 0 Å². The highest BCUT2D eigenvalue weighted by Gasteiger charge is 2.10. The summed E-state index contributed by atoms with van der Waals surface area (Å²) in [6.07, 6.45) is 1.83.